The van der Waals surface area contributed by atoms with Crippen LogP contribution in [0.25, 0.3) is 55.2 Å². The molecule has 0 spiro atoms. The van der Waals surface area contributed by atoms with Crippen LogP contribution in [0.1, 0.15) is 112 Å². The van der Waals surface area contributed by atoms with Gasteiger partial charge in [0.05, 0.1) is 11.0 Å². The Morgan fingerprint density at radius 3 is 1.96 bits per heavy atom. The normalized spacial score (nSPS) is 18.0. The van der Waals surface area contributed by atoms with E-state index in [9.17, 15) is 0 Å². The standard InChI is InChI=1S/C45H44N2/c1-45(2)39-19-10-9-18-35(39)36-23-21-33(27-40(36)45)32-16-11-17-34(26-32)38-28-42(30-14-7-4-8-15-30)47-44-37(38)24-20-31-22-25-41(46-43(31)44)29-12-5-3-6-13-29/h9-11,16-30H,3-8,12-15H2,1-2H3. The first-order valence-corrected chi connectivity index (χ1v) is 18.1. The van der Waals surface area contributed by atoms with Gasteiger partial charge < -0.3 is 0 Å². The lowest BCUT2D eigenvalue weighted by Crippen LogP contribution is -2.14. The molecule has 0 saturated heterocycles. The molecule has 0 amide bonds. The zero-order valence-corrected chi connectivity index (χ0v) is 27.9. The van der Waals surface area contributed by atoms with E-state index in [1.807, 2.05) is 0 Å². The van der Waals surface area contributed by atoms with Crippen LogP contribution in [0.5, 0.6) is 0 Å². The second-order valence-electron chi connectivity index (χ2n) is 15.0. The number of fused-ring (bicyclic) bond motifs is 6. The van der Waals surface area contributed by atoms with Crippen molar-refractivity contribution in [2.75, 3.05) is 0 Å². The minimum Gasteiger partial charge on any atom is -0.250 e. The van der Waals surface area contributed by atoms with Gasteiger partial charge >= 0.3 is 0 Å². The molecule has 2 heteroatoms. The Kier molecular flexibility index (Phi) is 7.03. The van der Waals surface area contributed by atoms with Gasteiger partial charge in [-0.05, 0) is 94.5 Å². The van der Waals surface area contributed by atoms with Gasteiger partial charge in [-0.15, -0.1) is 0 Å². The van der Waals surface area contributed by atoms with E-state index >= 15 is 0 Å². The molecule has 0 atom stereocenters. The van der Waals surface area contributed by atoms with Crippen LogP contribution in [0.15, 0.2) is 97.1 Å². The van der Waals surface area contributed by atoms with E-state index in [4.69, 9.17) is 9.97 Å². The van der Waals surface area contributed by atoms with Crippen LogP contribution in [-0.4, -0.2) is 9.97 Å². The molecule has 47 heavy (non-hydrogen) atoms. The lowest BCUT2D eigenvalue weighted by Gasteiger charge is -2.23. The molecule has 0 N–H and O–H groups in total. The molecule has 2 aromatic heterocycles. The van der Waals surface area contributed by atoms with Crippen LogP contribution in [0, 0.1) is 0 Å². The summed E-state index contributed by atoms with van der Waals surface area (Å²) in [7, 11) is 0. The largest absolute Gasteiger partial charge is 0.250 e. The van der Waals surface area contributed by atoms with E-state index in [1.165, 1.54) is 131 Å². The summed E-state index contributed by atoms with van der Waals surface area (Å²) in [6.07, 6.45) is 12.9. The summed E-state index contributed by atoms with van der Waals surface area (Å²) in [5.41, 5.74) is 15.4. The highest BCUT2D eigenvalue weighted by Crippen LogP contribution is 2.49. The van der Waals surface area contributed by atoms with Crippen molar-refractivity contribution >= 4 is 21.8 Å². The predicted molar refractivity (Wildman–Crippen MR) is 197 cm³/mol. The monoisotopic (exact) mass is 612 g/mol. The fourth-order valence-electron chi connectivity index (χ4n) is 9.13. The minimum atomic E-state index is -0.0136. The maximum Gasteiger partial charge on any atom is 0.0974 e. The summed E-state index contributed by atoms with van der Waals surface area (Å²) >= 11 is 0. The maximum atomic E-state index is 5.49. The molecule has 9 rings (SSSR count). The Labute approximate surface area is 279 Å². The molecule has 2 heterocycles. The Morgan fingerprint density at radius 2 is 1.15 bits per heavy atom. The Balaban J connectivity index is 1.19. The van der Waals surface area contributed by atoms with Crippen LogP contribution in [-0.2, 0) is 5.41 Å². The number of hydrogen-bond acceptors (Lipinski definition) is 2. The zero-order valence-electron chi connectivity index (χ0n) is 27.9. The molecular formula is C45H44N2. The number of benzene rings is 4. The number of pyridine rings is 2. The van der Waals surface area contributed by atoms with Crippen LogP contribution in [0.2, 0.25) is 0 Å². The van der Waals surface area contributed by atoms with E-state index in [0.717, 1.165) is 11.0 Å². The van der Waals surface area contributed by atoms with E-state index in [-0.39, 0.29) is 5.41 Å². The highest BCUT2D eigenvalue weighted by Gasteiger charge is 2.35. The number of hydrogen-bond donors (Lipinski definition) is 0. The molecule has 0 bridgehead atoms. The fraction of sp³-hybridized carbons (Fsp3) is 0.333. The van der Waals surface area contributed by atoms with Crippen molar-refractivity contribution in [1.29, 1.82) is 0 Å². The molecule has 0 aliphatic heterocycles. The van der Waals surface area contributed by atoms with Crippen LogP contribution >= 0.6 is 0 Å². The first kappa shape index (κ1) is 28.9. The maximum absolute atomic E-state index is 5.49. The lowest BCUT2D eigenvalue weighted by molar-refractivity contribution is 0.437. The summed E-state index contributed by atoms with van der Waals surface area (Å²) < 4.78 is 0. The van der Waals surface area contributed by atoms with Crippen LogP contribution in [0.4, 0.5) is 0 Å². The van der Waals surface area contributed by atoms with E-state index in [0.29, 0.717) is 11.8 Å². The third-order valence-electron chi connectivity index (χ3n) is 11.8. The highest BCUT2D eigenvalue weighted by molar-refractivity contribution is 6.08. The van der Waals surface area contributed by atoms with Crippen molar-refractivity contribution in [2.24, 2.45) is 0 Å². The smallest absolute Gasteiger partial charge is 0.0974 e. The second-order valence-corrected chi connectivity index (χ2v) is 15.0. The SMILES string of the molecule is CC1(C)c2ccccc2-c2ccc(-c3cccc(-c4cc(C5CCCCC5)nc5c4ccc4ccc(C6CCCCC6)nc45)c3)cc21. The quantitative estimate of drug-likeness (QED) is 0.185. The van der Waals surface area contributed by atoms with Gasteiger partial charge in [0.25, 0.3) is 0 Å². The first-order valence-electron chi connectivity index (χ1n) is 18.1. The van der Waals surface area contributed by atoms with Crippen LogP contribution in [0.3, 0.4) is 0 Å². The summed E-state index contributed by atoms with van der Waals surface area (Å²) in [6.45, 7) is 4.73. The van der Waals surface area contributed by atoms with Gasteiger partial charge in [0.15, 0.2) is 0 Å². The van der Waals surface area contributed by atoms with Crippen molar-refractivity contribution in [3.63, 3.8) is 0 Å². The van der Waals surface area contributed by atoms with Crippen molar-refractivity contribution in [2.45, 2.75) is 95.3 Å². The molecule has 0 radical (unpaired) electrons. The molecule has 3 aliphatic rings. The molecule has 4 aromatic carbocycles. The summed E-state index contributed by atoms with van der Waals surface area (Å²) in [5, 5.41) is 2.42. The molecule has 0 unspecified atom stereocenters. The van der Waals surface area contributed by atoms with Gasteiger partial charge in [0, 0.05) is 39.4 Å². The third-order valence-corrected chi connectivity index (χ3v) is 11.8. The third kappa shape index (κ3) is 4.91. The van der Waals surface area contributed by atoms with E-state index in [2.05, 4.69) is 111 Å². The molecular weight excluding hydrogens is 569 g/mol. The van der Waals surface area contributed by atoms with Crippen molar-refractivity contribution in [3.8, 4) is 33.4 Å². The van der Waals surface area contributed by atoms with Gasteiger partial charge in [-0.3, -0.25) is 9.97 Å². The molecule has 2 fully saturated rings. The summed E-state index contributed by atoms with van der Waals surface area (Å²) in [6, 6.07) is 36.8. The Bertz CT molecular complexity index is 2140. The van der Waals surface area contributed by atoms with Crippen molar-refractivity contribution < 1.29 is 0 Å². The van der Waals surface area contributed by atoms with Crippen molar-refractivity contribution in [1.82, 2.24) is 9.97 Å². The van der Waals surface area contributed by atoms with Gasteiger partial charge in [0.2, 0.25) is 0 Å². The molecule has 2 nitrogen and oxygen atoms in total. The lowest BCUT2D eigenvalue weighted by atomic mass is 9.81. The van der Waals surface area contributed by atoms with E-state index < -0.39 is 0 Å². The Hall–Kier alpha value is -4.30. The summed E-state index contributed by atoms with van der Waals surface area (Å²) in [5.74, 6) is 1.10. The molecule has 234 valence electrons. The first-order chi connectivity index (χ1) is 23.0. The topological polar surface area (TPSA) is 25.8 Å². The highest BCUT2D eigenvalue weighted by atomic mass is 14.8. The molecule has 6 aromatic rings. The summed E-state index contributed by atoms with van der Waals surface area (Å²) in [4.78, 5) is 10.9. The van der Waals surface area contributed by atoms with Gasteiger partial charge in [-0.25, -0.2) is 0 Å². The zero-order chi connectivity index (χ0) is 31.5. The number of rotatable bonds is 4. The minimum absolute atomic E-state index is 0.0136. The van der Waals surface area contributed by atoms with Gasteiger partial charge in [-0.2, -0.15) is 0 Å². The van der Waals surface area contributed by atoms with Gasteiger partial charge in [0.1, 0.15) is 0 Å². The van der Waals surface area contributed by atoms with E-state index in [1.54, 1.807) is 0 Å². The fourth-order valence-corrected chi connectivity index (χ4v) is 9.13. The van der Waals surface area contributed by atoms with Crippen molar-refractivity contribution in [3.05, 3.63) is 120 Å². The second kappa shape index (κ2) is 11.4. The van der Waals surface area contributed by atoms with Crippen LogP contribution < -0.4 is 0 Å². The number of aromatic nitrogens is 2. The predicted octanol–water partition coefficient (Wildman–Crippen LogP) is 12.5. The van der Waals surface area contributed by atoms with Gasteiger partial charge in [-0.1, -0.05) is 125 Å². The molecule has 2 saturated carbocycles. The molecule has 3 aliphatic carbocycles. The average Bonchev–Trinajstić information content (AvgIpc) is 3.37. The Morgan fingerprint density at radius 1 is 0.489 bits per heavy atom. The number of nitrogens with zero attached hydrogens (tertiary/aromatic N) is 2. The average molecular weight is 613 g/mol.